The van der Waals surface area contributed by atoms with E-state index in [4.69, 9.17) is 0 Å². The fourth-order valence-electron chi connectivity index (χ4n) is 1.75. The van der Waals surface area contributed by atoms with Crippen LogP contribution in [0.3, 0.4) is 0 Å². The quantitative estimate of drug-likeness (QED) is 0.901. The summed E-state index contributed by atoms with van der Waals surface area (Å²) in [6, 6.07) is 4.27. The maximum atomic E-state index is 13.0. The monoisotopic (exact) mass is 285 g/mol. The van der Waals surface area contributed by atoms with Gasteiger partial charge in [-0.2, -0.15) is 0 Å². The van der Waals surface area contributed by atoms with Crippen LogP contribution >= 0.6 is 15.9 Å². The molecule has 2 nitrogen and oxygen atoms in total. The predicted octanol–water partition coefficient (Wildman–Crippen LogP) is 3.72. The molecule has 1 saturated carbocycles. The summed E-state index contributed by atoms with van der Waals surface area (Å²) >= 11 is 3.27. The van der Waals surface area contributed by atoms with Crippen LogP contribution in [0, 0.1) is 11.7 Å². The highest BCUT2D eigenvalue weighted by molar-refractivity contribution is 9.10. The Morgan fingerprint density at radius 3 is 2.88 bits per heavy atom. The number of carbonyl (C=O) groups excluding carboxylic acids is 1. The summed E-state index contributed by atoms with van der Waals surface area (Å²) in [5.74, 6) is 0.144. The van der Waals surface area contributed by atoms with E-state index in [2.05, 4.69) is 21.2 Å². The summed E-state index contributed by atoms with van der Waals surface area (Å²) < 4.78 is 13.7. The van der Waals surface area contributed by atoms with E-state index in [1.807, 2.05) is 0 Å². The molecule has 1 aliphatic rings. The van der Waals surface area contributed by atoms with E-state index in [0.717, 1.165) is 12.8 Å². The second-order valence-electron chi connectivity index (χ2n) is 4.17. The number of benzene rings is 1. The number of amides is 1. The standard InChI is InChI=1S/C12H13BrFNO/c13-10-5-4-9(14)7-11(10)15-12(16)6-8-2-1-3-8/h4-5,7-8H,1-3,6H2,(H,15,16). The molecule has 0 spiro atoms. The molecule has 4 heteroatoms. The van der Waals surface area contributed by atoms with Gasteiger partial charge in [0, 0.05) is 10.9 Å². The minimum atomic E-state index is -0.345. The van der Waals surface area contributed by atoms with E-state index in [1.54, 1.807) is 6.07 Å². The molecular weight excluding hydrogens is 273 g/mol. The van der Waals surface area contributed by atoms with Gasteiger partial charge in [0.05, 0.1) is 5.69 Å². The summed E-state index contributed by atoms with van der Waals surface area (Å²) in [5, 5.41) is 2.72. The van der Waals surface area contributed by atoms with Gasteiger partial charge < -0.3 is 5.32 Å². The van der Waals surface area contributed by atoms with Crippen LogP contribution in [0.2, 0.25) is 0 Å². The van der Waals surface area contributed by atoms with E-state index in [-0.39, 0.29) is 11.7 Å². The van der Waals surface area contributed by atoms with Crippen LogP contribution in [0.5, 0.6) is 0 Å². The van der Waals surface area contributed by atoms with Crippen LogP contribution in [-0.2, 0) is 4.79 Å². The van der Waals surface area contributed by atoms with Crippen molar-refractivity contribution in [2.45, 2.75) is 25.7 Å². The lowest BCUT2D eigenvalue weighted by Crippen LogP contribution is -2.21. The second kappa shape index (κ2) is 4.95. The fraction of sp³-hybridized carbons (Fsp3) is 0.417. The maximum absolute atomic E-state index is 13.0. The Kier molecular flexibility index (Phi) is 3.59. The van der Waals surface area contributed by atoms with Crippen LogP contribution < -0.4 is 5.32 Å². The Hall–Kier alpha value is -0.900. The highest BCUT2D eigenvalue weighted by atomic mass is 79.9. The summed E-state index contributed by atoms with van der Waals surface area (Å²) in [4.78, 5) is 11.6. The molecule has 0 saturated heterocycles. The molecule has 0 heterocycles. The SMILES string of the molecule is O=C(CC1CCC1)Nc1cc(F)ccc1Br. The molecule has 1 aromatic carbocycles. The van der Waals surface area contributed by atoms with Crippen molar-refractivity contribution < 1.29 is 9.18 Å². The number of nitrogens with one attached hydrogen (secondary N) is 1. The largest absolute Gasteiger partial charge is 0.325 e. The van der Waals surface area contributed by atoms with Gasteiger partial charge in [0.25, 0.3) is 0 Å². The molecule has 1 aromatic rings. The fourth-order valence-corrected chi connectivity index (χ4v) is 2.10. The first kappa shape index (κ1) is 11.6. The van der Waals surface area contributed by atoms with Crippen LogP contribution in [0.1, 0.15) is 25.7 Å². The summed E-state index contributed by atoms with van der Waals surface area (Å²) in [6.07, 6.45) is 4.04. The predicted molar refractivity (Wildman–Crippen MR) is 64.7 cm³/mol. The summed E-state index contributed by atoms with van der Waals surface area (Å²) in [6.45, 7) is 0. The Balaban J connectivity index is 1.96. The van der Waals surface area contributed by atoms with Gasteiger partial charge in [-0.1, -0.05) is 6.42 Å². The number of anilines is 1. The Labute approximate surface area is 102 Å². The van der Waals surface area contributed by atoms with Crippen molar-refractivity contribution in [2.24, 2.45) is 5.92 Å². The van der Waals surface area contributed by atoms with Gasteiger partial charge in [0.15, 0.2) is 0 Å². The van der Waals surface area contributed by atoms with Gasteiger partial charge in [-0.05, 0) is 52.9 Å². The van der Waals surface area contributed by atoms with Gasteiger partial charge in [-0.15, -0.1) is 0 Å². The number of rotatable bonds is 3. The van der Waals surface area contributed by atoms with Crippen molar-refractivity contribution >= 4 is 27.5 Å². The zero-order valence-corrected chi connectivity index (χ0v) is 10.4. The van der Waals surface area contributed by atoms with Crippen molar-refractivity contribution in [3.05, 3.63) is 28.5 Å². The van der Waals surface area contributed by atoms with Gasteiger partial charge in [-0.3, -0.25) is 4.79 Å². The number of hydrogen-bond donors (Lipinski definition) is 1. The van der Waals surface area contributed by atoms with E-state index in [0.29, 0.717) is 22.5 Å². The van der Waals surface area contributed by atoms with E-state index < -0.39 is 0 Å². The first-order valence-corrected chi connectivity index (χ1v) is 6.19. The zero-order chi connectivity index (χ0) is 11.5. The van der Waals surface area contributed by atoms with Gasteiger partial charge in [0.1, 0.15) is 5.82 Å². The highest BCUT2D eigenvalue weighted by Crippen LogP contribution is 2.30. The van der Waals surface area contributed by atoms with E-state index in [9.17, 15) is 9.18 Å². The number of halogens is 2. The molecule has 2 rings (SSSR count). The van der Waals surface area contributed by atoms with Crippen LogP contribution in [-0.4, -0.2) is 5.91 Å². The van der Waals surface area contributed by atoms with Crippen molar-refractivity contribution in [1.29, 1.82) is 0 Å². The zero-order valence-electron chi connectivity index (χ0n) is 8.80. The molecule has 1 amide bonds. The lowest BCUT2D eigenvalue weighted by molar-refractivity contribution is -0.117. The number of hydrogen-bond acceptors (Lipinski definition) is 1. The number of carbonyl (C=O) groups is 1. The molecular formula is C12H13BrFNO. The Morgan fingerprint density at radius 2 is 2.25 bits per heavy atom. The van der Waals surface area contributed by atoms with Crippen LogP contribution in [0.4, 0.5) is 10.1 Å². The van der Waals surface area contributed by atoms with Crippen molar-refractivity contribution in [3.8, 4) is 0 Å². The normalized spacial score (nSPS) is 15.6. The lowest BCUT2D eigenvalue weighted by atomic mass is 9.83. The summed E-state index contributed by atoms with van der Waals surface area (Å²) in [7, 11) is 0. The van der Waals surface area contributed by atoms with Crippen molar-refractivity contribution in [3.63, 3.8) is 0 Å². The maximum Gasteiger partial charge on any atom is 0.224 e. The Bertz CT molecular complexity index is 404. The van der Waals surface area contributed by atoms with Crippen LogP contribution in [0.25, 0.3) is 0 Å². The molecule has 0 aliphatic heterocycles. The summed E-state index contributed by atoms with van der Waals surface area (Å²) in [5.41, 5.74) is 0.504. The average Bonchev–Trinajstić information content (AvgIpc) is 2.18. The molecule has 1 aliphatic carbocycles. The van der Waals surface area contributed by atoms with Crippen molar-refractivity contribution in [1.82, 2.24) is 0 Å². The third kappa shape index (κ3) is 2.82. The topological polar surface area (TPSA) is 29.1 Å². The Morgan fingerprint density at radius 1 is 1.50 bits per heavy atom. The van der Waals surface area contributed by atoms with Gasteiger partial charge in [0.2, 0.25) is 5.91 Å². The smallest absolute Gasteiger partial charge is 0.224 e. The van der Waals surface area contributed by atoms with Gasteiger partial charge in [-0.25, -0.2) is 4.39 Å². The molecule has 1 fully saturated rings. The molecule has 0 bridgehead atoms. The molecule has 0 radical (unpaired) electrons. The first-order valence-electron chi connectivity index (χ1n) is 5.40. The third-order valence-corrected chi connectivity index (χ3v) is 3.59. The van der Waals surface area contributed by atoms with Gasteiger partial charge >= 0.3 is 0 Å². The minimum Gasteiger partial charge on any atom is -0.325 e. The molecule has 1 N–H and O–H groups in total. The van der Waals surface area contributed by atoms with E-state index >= 15 is 0 Å². The first-order chi connectivity index (χ1) is 7.65. The average molecular weight is 286 g/mol. The minimum absolute atomic E-state index is 0.0315. The van der Waals surface area contributed by atoms with E-state index in [1.165, 1.54) is 18.6 Å². The second-order valence-corrected chi connectivity index (χ2v) is 5.03. The molecule has 86 valence electrons. The molecule has 16 heavy (non-hydrogen) atoms. The third-order valence-electron chi connectivity index (χ3n) is 2.90. The molecule has 0 aromatic heterocycles. The molecule has 0 unspecified atom stereocenters. The molecule has 0 atom stereocenters. The van der Waals surface area contributed by atoms with Crippen LogP contribution in [0.15, 0.2) is 22.7 Å². The van der Waals surface area contributed by atoms with Crippen molar-refractivity contribution in [2.75, 3.05) is 5.32 Å². The highest BCUT2D eigenvalue weighted by Gasteiger charge is 2.20. The lowest BCUT2D eigenvalue weighted by Gasteiger charge is -2.24.